The summed E-state index contributed by atoms with van der Waals surface area (Å²) in [4.78, 5) is 5.02. The summed E-state index contributed by atoms with van der Waals surface area (Å²) in [6.45, 7) is 10.6. The van der Waals surface area contributed by atoms with Crippen molar-refractivity contribution >= 4 is 27.6 Å². The molecule has 0 saturated carbocycles. The molecule has 108 valence electrons. The van der Waals surface area contributed by atoms with Crippen LogP contribution in [-0.4, -0.2) is 27.6 Å². The molecule has 1 heterocycles. The van der Waals surface area contributed by atoms with Gasteiger partial charge in [0, 0.05) is 0 Å². The molecule has 2 rings (SSSR count). The molecular weight excluding hydrogens is 325 g/mol. The first-order chi connectivity index (χ1) is 9.52. The van der Waals surface area contributed by atoms with Gasteiger partial charge in [0.1, 0.15) is 0 Å². The molecule has 0 N–H and O–H groups in total. The van der Waals surface area contributed by atoms with E-state index < -0.39 is 8.07 Å². The zero-order valence-electron chi connectivity index (χ0n) is 13.1. The van der Waals surface area contributed by atoms with Crippen LogP contribution in [-0.2, 0) is 6.54 Å². The van der Waals surface area contributed by atoms with E-state index in [0.717, 1.165) is 6.54 Å². The first kappa shape index (κ1) is 15.7. The Hall–Kier alpha value is -0.634. The molecule has 1 aromatic carbocycles. The molecule has 0 amide bonds. The van der Waals surface area contributed by atoms with Gasteiger partial charge in [0.05, 0.1) is 0 Å². The summed E-state index contributed by atoms with van der Waals surface area (Å²) in [5.74, 6) is 0. The maximum atomic E-state index is 5.02. The second-order valence-corrected chi connectivity index (χ2v) is 13.6. The molecule has 3 heteroatoms. The van der Waals surface area contributed by atoms with Crippen molar-refractivity contribution in [1.82, 2.24) is 0 Å². The number of nitrogens with zero attached hydrogens (tertiary/aromatic N) is 1. The Labute approximate surface area is 130 Å². The van der Waals surface area contributed by atoms with Crippen LogP contribution in [0.25, 0.3) is 0 Å². The predicted molar refractivity (Wildman–Crippen MR) is 93.4 cm³/mol. The Kier molecular flexibility index (Phi) is 5.42. The van der Waals surface area contributed by atoms with Gasteiger partial charge < -0.3 is 0 Å². The zero-order valence-corrected chi connectivity index (χ0v) is 15.8. The first-order valence-corrected chi connectivity index (χ1v) is 13.0. The third-order valence-corrected chi connectivity index (χ3v) is 8.26. The van der Waals surface area contributed by atoms with Crippen LogP contribution in [0.2, 0.25) is 25.0 Å². The normalized spacial score (nSPS) is 18.7. The summed E-state index contributed by atoms with van der Waals surface area (Å²) < 4.78 is 1.48. The van der Waals surface area contributed by atoms with E-state index in [-0.39, 0.29) is 0 Å². The zero-order chi connectivity index (χ0) is 14.6. The standard InChI is InChI=1S/C17H25NSeSi/c1-5-15-11-12-19-17(16(15)20(2,3)4)18-13-14-9-7-6-8-10-14/h6-10H,5,11-13H2,1-4H3. The molecule has 20 heavy (non-hydrogen) atoms. The Morgan fingerprint density at radius 1 is 1.15 bits per heavy atom. The van der Waals surface area contributed by atoms with Crippen molar-refractivity contribution in [3.8, 4) is 0 Å². The number of hydrogen-bond acceptors (Lipinski definition) is 1. The van der Waals surface area contributed by atoms with Gasteiger partial charge in [-0.3, -0.25) is 0 Å². The molecular formula is C17H25NSeSi. The third-order valence-electron chi connectivity index (χ3n) is 3.63. The van der Waals surface area contributed by atoms with Crippen LogP contribution in [0, 0.1) is 0 Å². The van der Waals surface area contributed by atoms with Crippen molar-refractivity contribution in [2.75, 3.05) is 0 Å². The monoisotopic (exact) mass is 351 g/mol. The van der Waals surface area contributed by atoms with Gasteiger partial charge in [0.25, 0.3) is 0 Å². The molecule has 0 radical (unpaired) electrons. The molecule has 1 aliphatic rings. The molecule has 1 aliphatic heterocycles. The third kappa shape index (κ3) is 3.94. The van der Waals surface area contributed by atoms with Crippen molar-refractivity contribution < 1.29 is 0 Å². The molecule has 1 aromatic rings. The molecule has 0 spiro atoms. The number of allylic oxidation sites excluding steroid dienone is 2. The van der Waals surface area contributed by atoms with Crippen LogP contribution < -0.4 is 0 Å². The summed E-state index contributed by atoms with van der Waals surface area (Å²) >= 11 is 0.586. The van der Waals surface area contributed by atoms with Crippen LogP contribution >= 0.6 is 0 Å². The predicted octanol–water partition coefficient (Wildman–Crippen LogP) is 4.70. The second-order valence-electron chi connectivity index (χ2n) is 6.29. The van der Waals surface area contributed by atoms with E-state index in [0.29, 0.717) is 15.0 Å². The average molecular weight is 350 g/mol. The van der Waals surface area contributed by atoms with E-state index in [4.69, 9.17) is 4.99 Å². The summed E-state index contributed by atoms with van der Waals surface area (Å²) in [6.07, 6.45) is 2.53. The Morgan fingerprint density at radius 2 is 1.85 bits per heavy atom. The Morgan fingerprint density at radius 3 is 2.45 bits per heavy atom. The average Bonchev–Trinajstić information content (AvgIpc) is 2.44. The quantitative estimate of drug-likeness (QED) is 0.698. The van der Waals surface area contributed by atoms with Crippen molar-refractivity contribution in [2.24, 2.45) is 4.99 Å². The fourth-order valence-electron chi connectivity index (χ4n) is 2.70. The van der Waals surface area contributed by atoms with Crippen molar-refractivity contribution in [3.05, 3.63) is 46.7 Å². The number of rotatable bonds is 4. The van der Waals surface area contributed by atoms with E-state index in [2.05, 4.69) is 56.9 Å². The maximum absolute atomic E-state index is 5.02. The van der Waals surface area contributed by atoms with Crippen LogP contribution in [0.4, 0.5) is 0 Å². The molecule has 0 atom stereocenters. The van der Waals surface area contributed by atoms with E-state index in [9.17, 15) is 0 Å². The molecule has 1 nitrogen and oxygen atoms in total. The van der Waals surface area contributed by atoms with E-state index in [1.807, 2.05) is 0 Å². The summed E-state index contributed by atoms with van der Waals surface area (Å²) in [5, 5.41) is 3.04. The van der Waals surface area contributed by atoms with Crippen LogP contribution in [0.5, 0.6) is 0 Å². The van der Waals surface area contributed by atoms with Gasteiger partial charge in [0.15, 0.2) is 0 Å². The minimum absolute atomic E-state index is 0.586. The van der Waals surface area contributed by atoms with Crippen molar-refractivity contribution in [3.63, 3.8) is 0 Å². The van der Waals surface area contributed by atoms with Crippen LogP contribution in [0.1, 0.15) is 25.3 Å². The first-order valence-electron chi connectivity index (χ1n) is 7.46. The summed E-state index contributed by atoms with van der Waals surface area (Å²) in [7, 11) is -1.28. The fraction of sp³-hybridized carbons (Fsp3) is 0.471. The van der Waals surface area contributed by atoms with E-state index >= 15 is 0 Å². The number of hydrogen-bond donors (Lipinski definition) is 0. The Bertz CT molecular complexity index is 512. The van der Waals surface area contributed by atoms with Gasteiger partial charge in [-0.05, 0) is 0 Å². The molecule has 0 unspecified atom stereocenters. The van der Waals surface area contributed by atoms with Crippen molar-refractivity contribution in [1.29, 1.82) is 0 Å². The van der Waals surface area contributed by atoms with Gasteiger partial charge in [-0.1, -0.05) is 0 Å². The van der Waals surface area contributed by atoms with Gasteiger partial charge in [-0.15, -0.1) is 0 Å². The Balaban J connectivity index is 2.29. The molecule has 0 aliphatic carbocycles. The minimum atomic E-state index is -1.28. The van der Waals surface area contributed by atoms with E-state index in [1.165, 1.54) is 28.3 Å². The topological polar surface area (TPSA) is 12.4 Å². The van der Waals surface area contributed by atoms with Gasteiger partial charge in [-0.25, -0.2) is 0 Å². The van der Waals surface area contributed by atoms with Crippen molar-refractivity contribution in [2.45, 2.75) is 51.3 Å². The van der Waals surface area contributed by atoms with Crippen LogP contribution in [0.3, 0.4) is 0 Å². The second kappa shape index (κ2) is 6.88. The van der Waals surface area contributed by atoms with Gasteiger partial charge >= 0.3 is 131 Å². The fourth-order valence-corrected chi connectivity index (χ4v) is 9.15. The van der Waals surface area contributed by atoms with Crippen LogP contribution in [0.15, 0.2) is 46.1 Å². The van der Waals surface area contributed by atoms with Gasteiger partial charge in [0.2, 0.25) is 0 Å². The summed E-state index contributed by atoms with van der Waals surface area (Å²) in [5.41, 5.74) is 3.03. The summed E-state index contributed by atoms with van der Waals surface area (Å²) in [6, 6.07) is 10.6. The van der Waals surface area contributed by atoms with E-state index in [1.54, 1.807) is 10.8 Å². The van der Waals surface area contributed by atoms with Gasteiger partial charge in [-0.2, -0.15) is 0 Å². The molecule has 0 aromatic heterocycles. The SMILES string of the molecule is CCC1=C([Si](C)(C)C)C(=NCc2ccccc2)[Se]CC1. The molecule has 0 saturated heterocycles. The number of benzene rings is 1. The molecule has 0 bridgehead atoms. The molecule has 0 fully saturated rings. The number of aliphatic imine (C=N–C) groups is 1.